The van der Waals surface area contributed by atoms with Gasteiger partial charge in [0, 0.05) is 17.6 Å². The van der Waals surface area contributed by atoms with Gasteiger partial charge in [-0.05, 0) is 66.5 Å². The van der Waals surface area contributed by atoms with Crippen LogP contribution in [0.2, 0.25) is 5.02 Å². The van der Waals surface area contributed by atoms with E-state index >= 15 is 0 Å². The lowest BCUT2D eigenvalue weighted by atomic mass is 9.94. The third-order valence-electron chi connectivity index (χ3n) is 5.80. The Morgan fingerprint density at radius 2 is 1.87 bits per heavy atom. The molecule has 2 aliphatic rings. The van der Waals surface area contributed by atoms with Gasteiger partial charge in [-0.2, -0.15) is 0 Å². The number of carbonyl (C=O) groups excluding carboxylic acids is 1. The van der Waals surface area contributed by atoms with Crippen molar-refractivity contribution in [1.82, 2.24) is 9.80 Å². The van der Waals surface area contributed by atoms with Crippen LogP contribution >= 0.6 is 39.7 Å². The van der Waals surface area contributed by atoms with Crippen LogP contribution in [0.4, 0.5) is 0 Å². The third-order valence-corrected chi connectivity index (χ3v) is 7.09. The minimum absolute atomic E-state index is 0.0221. The van der Waals surface area contributed by atoms with E-state index in [0.29, 0.717) is 28.2 Å². The highest BCUT2D eigenvalue weighted by atomic mass is 79.9. The summed E-state index contributed by atoms with van der Waals surface area (Å²) in [5.41, 5.74) is 2.47. The van der Waals surface area contributed by atoms with Crippen molar-refractivity contribution in [2.75, 3.05) is 7.05 Å². The molecule has 0 radical (unpaired) electrons. The molecule has 4 rings (SSSR count). The van der Waals surface area contributed by atoms with E-state index in [0.717, 1.165) is 41.3 Å². The zero-order valence-corrected chi connectivity index (χ0v) is 20.5. The highest BCUT2D eigenvalue weighted by Gasteiger charge is 2.40. The molecule has 2 aromatic rings. The molecule has 1 amide bonds. The molecular formula is C24H24BrClN2O2S. The monoisotopic (exact) mass is 518 g/mol. The standard InChI is InChI=1S/C24H24BrClN2O2S/c1-27-21(23(29)28(24(27)31)19-5-3-2-4-6-19)14-17-9-12-22(20(26)13-17)30-15-16-7-10-18(25)11-8-16/h7-14,19H,2-6,15H2,1H3/b21-14-. The molecule has 0 N–H and O–H groups in total. The first-order valence-corrected chi connectivity index (χ1v) is 12.0. The van der Waals surface area contributed by atoms with Crippen LogP contribution in [-0.2, 0) is 11.4 Å². The van der Waals surface area contributed by atoms with E-state index in [1.54, 1.807) is 9.80 Å². The first-order valence-electron chi connectivity index (χ1n) is 10.4. The molecule has 0 spiro atoms. The quantitative estimate of drug-likeness (QED) is 0.337. The smallest absolute Gasteiger partial charge is 0.277 e. The van der Waals surface area contributed by atoms with Crippen LogP contribution in [-0.4, -0.2) is 33.9 Å². The highest BCUT2D eigenvalue weighted by Crippen LogP contribution is 2.32. The Morgan fingerprint density at radius 3 is 2.55 bits per heavy atom. The molecule has 4 nitrogen and oxygen atoms in total. The van der Waals surface area contributed by atoms with Crippen LogP contribution in [0.3, 0.4) is 0 Å². The molecule has 1 aliphatic heterocycles. The van der Waals surface area contributed by atoms with Gasteiger partial charge in [0.2, 0.25) is 0 Å². The maximum Gasteiger partial charge on any atom is 0.277 e. The Labute approximate surface area is 201 Å². The molecular weight excluding hydrogens is 496 g/mol. The number of amides is 1. The minimum atomic E-state index is -0.0221. The molecule has 0 unspecified atom stereocenters. The summed E-state index contributed by atoms with van der Waals surface area (Å²) in [6.45, 7) is 0.430. The van der Waals surface area contributed by atoms with Gasteiger partial charge in [0.15, 0.2) is 5.11 Å². The molecule has 2 aromatic carbocycles. The van der Waals surface area contributed by atoms with Crippen molar-refractivity contribution in [2.24, 2.45) is 0 Å². The van der Waals surface area contributed by atoms with Crippen molar-refractivity contribution in [2.45, 2.75) is 44.8 Å². The molecule has 7 heteroatoms. The maximum absolute atomic E-state index is 13.1. The van der Waals surface area contributed by atoms with Gasteiger partial charge >= 0.3 is 0 Å². The van der Waals surface area contributed by atoms with Crippen molar-refractivity contribution in [3.63, 3.8) is 0 Å². The van der Waals surface area contributed by atoms with E-state index in [9.17, 15) is 4.79 Å². The van der Waals surface area contributed by atoms with Crippen molar-refractivity contribution in [1.29, 1.82) is 0 Å². The molecule has 0 aromatic heterocycles. The van der Waals surface area contributed by atoms with Gasteiger partial charge in [-0.3, -0.25) is 9.69 Å². The summed E-state index contributed by atoms with van der Waals surface area (Å²) in [6.07, 6.45) is 7.42. The molecule has 1 aliphatic carbocycles. The number of ether oxygens (including phenoxy) is 1. The first kappa shape index (κ1) is 22.3. The van der Waals surface area contributed by atoms with Gasteiger partial charge in [-0.1, -0.05) is 65.0 Å². The summed E-state index contributed by atoms with van der Waals surface area (Å²) in [5, 5.41) is 1.09. The number of benzene rings is 2. The zero-order chi connectivity index (χ0) is 22.0. The third kappa shape index (κ3) is 4.97. The summed E-state index contributed by atoms with van der Waals surface area (Å²) in [7, 11) is 1.85. The largest absolute Gasteiger partial charge is 0.487 e. The summed E-state index contributed by atoms with van der Waals surface area (Å²) in [6, 6.07) is 13.7. The van der Waals surface area contributed by atoms with Gasteiger partial charge in [0.25, 0.3) is 5.91 Å². The lowest BCUT2D eigenvalue weighted by Crippen LogP contribution is -2.41. The Hall–Kier alpha value is -1.89. The number of nitrogens with zero attached hydrogens (tertiary/aromatic N) is 2. The molecule has 2 fully saturated rings. The number of hydrogen-bond donors (Lipinski definition) is 0. The Bertz CT molecular complexity index is 1020. The Balaban J connectivity index is 1.49. The van der Waals surface area contributed by atoms with E-state index in [-0.39, 0.29) is 11.9 Å². The zero-order valence-electron chi connectivity index (χ0n) is 17.3. The fourth-order valence-corrected chi connectivity index (χ4v) is 4.90. The van der Waals surface area contributed by atoms with Gasteiger partial charge in [-0.15, -0.1) is 0 Å². The molecule has 31 heavy (non-hydrogen) atoms. The number of hydrogen-bond acceptors (Lipinski definition) is 3. The summed E-state index contributed by atoms with van der Waals surface area (Å²) < 4.78 is 6.90. The predicted molar refractivity (Wildman–Crippen MR) is 132 cm³/mol. The van der Waals surface area contributed by atoms with E-state index in [1.807, 2.05) is 55.6 Å². The summed E-state index contributed by atoms with van der Waals surface area (Å²) in [5.74, 6) is 0.586. The van der Waals surface area contributed by atoms with Crippen molar-refractivity contribution >= 4 is 56.8 Å². The average molecular weight is 520 g/mol. The molecule has 1 saturated heterocycles. The van der Waals surface area contributed by atoms with Crippen LogP contribution in [0.15, 0.2) is 52.6 Å². The topological polar surface area (TPSA) is 32.8 Å². The van der Waals surface area contributed by atoms with Gasteiger partial charge in [0.05, 0.1) is 5.02 Å². The summed E-state index contributed by atoms with van der Waals surface area (Å²) >= 11 is 15.5. The molecule has 1 saturated carbocycles. The van der Waals surface area contributed by atoms with Crippen LogP contribution < -0.4 is 4.74 Å². The normalized spacial score (nSPS) is 18.9. The summed E-state index contributed by atoms with van der Waals surface area (Å²) in [4.78, 5) is 16.7. The lowest BCUT2D eigenvalue weighted by molar-refractivity contribution is -0.124. The number of likely N-dealkylation sites (N-methyl/N-ethyl adjacent to an activating group) is 1. The SMILES string of the molecule is CN1C(=S)N(C2CCCCC2)C(=O)/C1=C/c1ccc(OCc2ccc(Br)cc2)c(Cl)c1. The molecule has 162 valence electrons. The fourth-order valence-electron chi connectivity index (χ4n) is 4.06. The Morgan fingerprint density at radius 1 is 1.16 bits per heavy atom. The van der Waals surface area contributed by atoms with Crippen LogP contribution in [0, 0.1) is 0 Å². The van der Waals surface area contributed by atoms with Crippen molar-refractivity contribution in [3.8, 4) is 5.75 Å². The molecule has 0 bridgehead atoms. The van der Waals surface area contributed by atoms with Crippen molar-refractivity contribution in [3.05, 3.63) is 68.8 Å². The second kappa shape index (κ2) is 9.72. The van der Waals surface area contributed by atoms with Gasteiger partial charge in [-0.25, -0.2) is 0 Å². The van der Waals surface area contributed by atoms with E-state index in [4.69, 9.17) is 28.6 Å². The number of thiocarbonyl (C=S) groups is 1. The van der Waals surface area contributed by atoms with E-state index in [1.165, 1.54) is 6.42 Å². The number of carbonyl (C=O) groups is 1. The second-order valence-electron chi connectivity index (χ2n) is 7.94. The van der Waals surface area contributed by atoms with E-state index < -0.39 is 0 Å². The maximum atomic E-state index is 13.1. The van der Waals surface area contributed by atoms with Crippen LogP contribution in [0.25, 0.3) is 6.08 Å². The Kier molecular flexibility index (Phi) is 6.99. The van der Waals surface area contributed by atoms with E-state index in [2.05, 4.69) is 15.9 Å². The average Bonchev–Trinajstić information content (AvgIpc) is 2.98. The van der Waals surface area contributed by atoms with Gasteiger partial charge in [0.1, 0.15) is 18.1 Å². The van der Waals surface area contributed by atoms with Gasteiger partial charge < -0.3 is 9.64 Å². The van der Waals surface area contributed by atoms with Crippen LogP contribution in [0.5, 0.6) is 5.75 Å². The molecule has 0 atom stereocenters. The highest BCUT2D eigenvalue weighted by molar-refractivity contribution is 9.10. The number of rotatable bonds is 5. The first-order chi connectivity index (χ1) is 14.9. The second-order valence-corrected chi connectivity index (χ2v) is 9.63. The number of halogens is 2. The lowest BCUT2D eigenvalue weighted by Gasteiger charge is -2.30. The van der Waals surface area contributed by atoms with Crippen molar-refractivity contribution < 1.29 is 9.53 Å². The predicted octanol–water partition coefficient (Wildman–Crippen LogP) is 6.41. The minimum Gasteiger partial charge on any atom is -0.487 e. The van der Waals surface area contributed by atoms with Crippen LogP contribution in [0.1, 0.15) is 43.2 Å². The fraction of sp³-hybridized carbons (Fsp3) is 0.333. The molecule has 1 heterocycles.